The Balaban J connectivity index is 3.37. The van der Waals surface area contributed by atoms with Gasteiger partial charge >= 0.3 is 11.9 Å². The first-order chi connectivity index (χ1) is 37.6. The van der Waals surface area contributed by atoms with E-state index < -0.39 is 6.10 Å². The maximum atomic E-state index is 12.3. The van der Waals surface area contributed by atoms with Crippen LogP contribution in [0.4, 0.5) is 0 Å². The fraction of sp³-hybridized carbons (Fsp3) is 0.831. The van der Waals surface area contributed by atoms with Crippen molar-refractivity contribution in [3.05, 3.63) is 60.8 Å². The predicted octanol–water partition coefficient (Wildman–Crippen LogP) is 23.3. The molecule has 5 heteroatoms. The van der Waals surface area contributed by atoms with E-state index in [4.69, 9.17) is 9.47 Å². The molecule has 444 valence electrons. The molecule has 0 fully saturated rings. The summed E-state index contributed by atoms with van der Waals surface area (Å²) in [4.78, 5) is 24.6. The van der Waals surface area contributed by atoms with Crippen molar-refractivity contribution < 1.29 is 24.2 Å². The molecule has 0 radical (unpaired) electrons. The van der Waals surface area contributed by atoms with E-state index >= 15 is 0 Å². The minimum atomic E-state index is -0.778. The van der Waals surface area contributed by atoms with Gasteiger partial charge in [-0.15, -0.1) is 0 Å². The molecule has 0 aliphatic heterocycles. The van der Waals surface area contributed by atoms with Crippen molar-refractivity contribution in [1.82, 2.24) is 0 Å². The number of hydrogen-bond acceptors (Lipinski definition) is 5. The fourth-order valence-corrected chi connectivity index (χ4v) is 10.3. The van der Waals surface area contributed by atoms with Crippen molar-refractivity contribution in [3.8, 4) is 0 Å². The van der Waals surface area contributed by atoms with Crippen molar-refractivity contribution in [2.24, 2.45) is 0 Å². The standard InChI is InChI=1S/C71H130O5/c1-3-5-7-9-11-13-15-17-19-21-23-25-26-27-28-29-30-31-32-33-34-35-36-37-38-39-40-41-42-43-44-46-47-49-51-53-55-57-59-61-63-65-70(73)75-68-69(67-72)76-71(74)66-64-62-60-58-56-54-52-50-48-45-24-22-20-18-16-14-12-10-8-6-4-2/h6,8,12,14,18,20-21,23-24,45,69,72H,3-5,7,9-11,13,15-17,19,22,25-44,46-68H2,1-2H3/b8-6-,14-12-,20-18-,23-21-,45-24-. The summed E-state index contributed by atoms with van der Waals surface area (Å²) in [6.45, 7) is 4.06. The molecule has 0 aliphatic carbocycles. The summed E-state index contributed by atoms with van der Waals surface area (Å²) in [6, 6.07) is 0. The zero-order valence-corrected chi connectivity index (χ0v) is 51.0. The number of carbonyl (C=O) groups is 2. The van der Waals surface area contributed by atoms with Crippen LogP contribution in [0.25, 0.3) is 0 Å². The van der Waals surface area contributed by atoms with Crippen LogP contribution >= 0.6 is 0 Å². The third-order valence-corrected chi connectivity index (χ3v) is 15.3. The summed E-state index contributed by atoms with van der Waals surface area (Å²) >= 11 is 0. The Morgan fingerprint density at radius 3 is 0.868 bits per heavy atom. The zero-order chi connectivity index (χ0) is 54.8. The van der Waals surface area contributed by atoms with Crippen LogP contribution in [-0.4, -0.2) is 36.4 Å². The number of rotatable bonds is 63. The molecule has 0 aliphatic rings. The molecule has 0 aromatic rings. The van der Waals surface area contributed by atoms with Gasteiger partial charge in [-0.1, -0.05) is 331 Å². The van der Waals surface area contributed by atoms with E-state index in [2.05, 4.69) is 74.6 Å². The van der Waals surface area contributed by atoms with Gasteiger partial charge in [0.1, 0.15) is 6.61 Å². The van der Waals surface area contributed by atoms with E-state index in [9.17, 15) is 14.7 Å². The van der Waals surface area contributed by atoms with Gasteiger partial charge < -0.3 is 14.6 Å². The van der Waals surface area contributed by atoms with Crippen LogP contribution in [0, 0.1) is 0 Å². The number of ether oxygens (including phenoxy) is 2. The van der Waals surface area contributed by atoms with Crippen LogP contribution in [0.2, 0.25) is 0 Å². The maximum absolute atomic E-state index is 12.3. The molecule has 0 spiro atoms. The third kappa shape index (κ3) is 64.1. The third-order valence-electron chi connectivity index (χ3n) is 15.3. The average Bonchev–Trinajstić information content (AvgIpc) is 3.42. The van der Waals surface area contributed by atoms with Gasteiger partial charge in [0.25, 0.3) is 0 Å². The highest BCUT2D eigenvalue weighted by Gasteiger charge is 2.16. The lowest BCUT2D eigenvalue weighted by Crippen LogP contribution is -2.28. The summed E-state index contributed by atoms with van der Waals surface area (Å²) in [7, 11) is 0. The highest BCUT2D eigenvalue weighted by Crippen LogP contribution is 2.18. The van der Waals surface area contributed by atoms with E-state index in [1.54, 1.807) is 0 Å². The smallest absolute Gasteiger partial charge is 0.306 e. The van der Waals surface area contributed by atoms with E-state index in [-0.39, 0.29) is 25.2 Å². The van der Waals surface area contributed by atoms with Crippen LogP contribution in [0.1, 0.15) is 361 Å². The van der Waals surface area contributed by atoms with Crippen LogP contribution < -0.4 is 0 Å². The van der Waals surface area contributed by atoms with E-state index in [1.165, 1.54) is 263 Å². The SMILES string of the molecule is CC/C=C\C/C=C\C/C=C\C/C=C\CCCCCCCCCCC(=O)OC(CO)COC(=O)CCCCCCCCCCCCCCCCCCCCCCCCCCCCCCC/C=C\CCCCCCCCCC. The highest BCUT2D eigenvalue weighted by molar-refractivity contribution is 5.70. The van der Waals surface area contributed by atoms with Gasteiger partial charge in [0, 0.05) is 12.8 Å². The lowest BCUT2D eigenvalue weighted by atomic mass is 10.0. The fourth-order valence-electron chi connectivity index (χ4n) is 10.3. The van der Waals surface area contributed by atoms with Crippen molar-refractivity contribution in [3.63, 3.8) is 0 Å². The first-order valence-corrected chi connectivity index (χ1v) is 33.8. The van der Waals surface area contributed by atoms with Crippen molar-refractivity contribution in [2.45, 2.75) is 367 Å². The highest BCUT2D eigenvalue weighted by atomic mass is 16.6. The van der Waals surface area contributed by atoms with Crippen LogP contribution in [0.15, 0.2) is 60.8 Å². The Hall–Kier alpha value is -2.40. The van der Waals surface area contributed by atoms with Gasteiger partial charge in [0.15, 0.2) is 6.10 Å². The second-order valence-electron chi connectivity index (χ2n) is 22.9. The Labute approximate surface area is 474 Å². The molecule has 1 unspecified atom stereocenters. The topological polar surface area (TPSA) is 72.8 Å². The second-order valence-corrected chi connectivity index (χ2v) is 22.9. The molecular weight excluding hydrogens is 933 g/mol. The molecule has 0 heterocycles. The number of aliphatic hydroxyl groups is 1. The normalized spacial score (nSPS) is 12.5. The number of esters is 2. The Kier molecular flexibility index (Phi) is 64.8. The number of unbranched alkanes of at least 4 members (excludes halogenated alkanes) is 45. The van der Waals surface area contributed by atoms with Gasteiger partial charge in [-0.25, -0.2) is 0 Å². The predicted molar refractivity (Wildman–Crippen MR) is 334 cm³/mol. The monoisotopic (exact) mass is 1060 g/mol. The largest absolute Gasteiger partial charge is 0.462 e. The molecule has 0 bridgehead atoms. The molecule has 0 amide bonds. The van der Waals surface area contributed by atoms with Gasteiger partial charge in [0.2, 0.25) is 0 Å². The summed E-state index contributed by atoms with van der Waals surface area (Å²) in [5.41, 5.74) is 0. The quantitative estimate of drug-likeness (QED) is 0.0373. The van der Waals surface area contributed by atoms with Gasteiger partial charge in [0.05, 0.1) is 6.61 Å². The van der Waals surface area contributed by atoms with Gasteiger partial charge in [-0.3, -0.25) is 9.59 Å². The van der Waals surface area contributed by atoms with E-state index in [1.807, 2.05) is 0 Å². The Morgan fingerprint density at radius 1 is 0.316 bits per heavy atom. The number of allylic oxidation sites excluding steroid dienone is 10. The molecule has 0 aromatic heterocycles. The number of carbonyl (C=O) groups excluding carboxylic acids is 2. The van der Waals surface area contributed by atoms with Gasteiger partial charge in [-0.2, -0.15) is 0 Å². The molecule has 0 rings (SSSR count). The summed E-state index contributed by atoms with van der Waals surface area (Å²) < 4.78 is 10.7. The first kappa shape index (κ1) is 73.6. The van der Waals surface area contributed by atoms with Crippen molar-refractivity contribution >= 4 is 11.9 Å². The minimum absolute atomic E-state index is 0.0671. The van der Waals surface area contributed by atoms with Crippen LogP contribution in [0.5, 0.6) is 0 Å². The molecular formula is C71H130O5. The van der Waals surface area contributed by atoms with Gasteiger partial charge in [-0.05, 0) is 77.0 Å². The van der Waals surface area contributed by atoms with Crippen molar-refractivity contribution in [1.29, 1.82) is 0 Å². The summed E-state index contributed by atoms with van der Waals surface area (Å²) in [5.74, 6) is -0.586. The summed E-state index contributed by atoms with van der Waals surface area (Å²) in [6.07, 6.45) is 91.2. The average molecular weight is 1060 g/mol. The minimum Gasteiger partial charge on any atom is -0.462 e. The molecule has 0 saturated carbocycles. The molecule has 1 atom stereocenters. The lowest BCUT2D eigenvalue weighted by Gasteiger charge is -2.15. The Morgan fingerprint density at radius 2 is 0.566 bits per heavy atom. The molecule has 5 nitrogen and oxygen atoms in total. The van der Waals surface area contributed by atoms with E-state index in [0.29, 0.717) is 12.8 Å². The zero-order valence-electron chi connectivity index (χ0n) is 51.0. The molecule has 1 N–H and O–H groups in total. The maximum Gasteiger partial charge on any atom is 0.306 e. The number of hydrogen-bond donors (Lipinski definition) is 1. The van der Waals surface area contributed by atoms with E-state index in [0.717, 1.165) is 70.6 Å². The first-order valence-electron chi connectivity index (χ1n) is 33.8. The van der Waals surface area contributed by atoms with Crippen molar-refractivity contribution in [2.75, 3.05) is 13.2 Å². The molecule has 0 saturated heterocycles. The molecule has 0 aromatic carbocycles. The summed E-state index contributed by atoms with van der Waals surface area (Å²) in [5, 5.41) is 9.67. The van der Waals surface area contributed by atoms with Crippen LogP contribution in [-0.2, 0) is 19.1 Å². The lowest BCUT2D eigenvalue weighted by molar-refractivity contribution is -0.161. The van der Waals surface area contributed by atoms with Crippen LogP contribution in [0.3, 0.4) is 0 Å². The molecule has 76 heavy (non-hydrogen) atoms. The number of aliphatic hydroxyl groups excluding tert-OH is 1. The second kappa shape index (κ2) is 66.9. The Bertz CT molecular complexity index is 1300.